The van der Waals surface area contributed by atoms with E-state index in [1.807, 2.05) is 24.3 Å². The second-order valence-corrected chi connectivity index (χ2v) is 13.9. The Balaban J connectivity index is 1.22. The van der Waals surface area contributed by atoms with Crippen molar-refractivity contribution >= 4 is 40.5 Å². The van der Waals surface area contributed by atoms with Gasteiger partial charge < -0.3 is 14.8 Å². The molecule has 0 radical (unpaired) electrons. The van der Waals surface area contributed by atoms with E-state index >= 15 is 0 Å². The van der Waals surface area contributed by atoms with Crippen molar-refractivity contribution in [3.63, 3.8) is 0 Å². The van der Waals surface area contributed by atoms with E-state index in [-0.39, 0.29) is 16.8 Å². The number of carbonyl (C=O) groups excluding carboxylic acids is 2. The van der Waals surface area contributed by atoms with Crippen LogP contribution < -0.4 is 15.5 Å². The zero-order valence-corrected chi connectivity index (χ0v) is 26.1. The lowest BCUT2D eigenvalue weighted by molar-refractivity contribution is -0.155. The van der Waals surface area contributed by atoms with Crippen LogP contribution in [-0.2, 0) is 14.3 Å². The molecule has 0 saturated heterocycles. The average molecular weight is 582 g/mol. The van der Waals surface area contributed by atoms with Gasteiger partial charge in [-0.25, -0.2) is 0 Å². The third kappa shape index (κ3) is 5.65. The molecular weight excluding hydrogens is 534 g/mol. The lowest BCUT2D eigenvalue weighted by Gasteiger charge is -2.60. The summed E-state index contributed by atoms with van der Waals surface area (Å²) in [6.45, 7) is 6.99. The minimum atomic E-state index is -0.252. The van der Waals surface area contributed by atoms with E-state index in [0.29, 0.717) is 59.2 Å². The van der Waals surface area contributed by atoms with Crippen LogP contribution in [0.15, 0.2) is 29.4 Å². The van der Waals surface area contributed by atoms with Gasteiger partial charge in [0.15, 0.2) is 5.11 Å². The van der Waals surface area contributed by atoms with E-state index in [4.69, 9.17) is 26.8 Å². The summed E-state index contributed by atoms with van der Waals surface area (Å²) < 4.78 is 10.1. The predicted molar refractivity (Wildman–Crippen MR) is 166 cm³/mol. The molecule has 0 amide bonds. The van der Waals surface area contributed by atoms with E-state index < -0.39 is 0 Å². The molecular formula is C33H47N3O4S. The third-order valence-corrected chi connectivity index (χ3v) is 12.0. The number of hydrogen-bond acceptors (Lipinski definition) is 6. The number of esters is 1. The van der Waals surface area contributed by atoms with Crippen LogP contribution in [-0.4, -0.2) is 36.8 Å². The number of methoxy groups -OCH3 is 2. The molecule has 1 aromatic carbocycles. The molecule has 8 atom stereocenters. The molecule has 5 rings (SSSR count). The van der Waals surface area contributed by atoms with Gasteiger partial charge in [0, 0.05) is 29.7 Å². The summed E-state index contributed by atoms with van der Waals surface area (Å²) >= 11 is 5.49. The maximum absolute atomic E-state index is 14.1. The maximum atomic E-state index is 14.1. The average Bonchev–Trinajstić information content (AvgIpc) is 3.34. The Labute approximate surface area is 250 Å². The zero-order chi connectivity index (χ0) is 29.4. The summed E-state index contributed by atoms with van der Waals surface area (Å²) in [6, 6.07) is 7.64. The third-order valence-electron chi connectivity index (χ3n) is 11.8. The Hall–Kier alpha value is -2.48. The fourth-order valence-electron chi connectivity index (χ4n) is 9.42. The molecule has 7 unspecified atom stereocenters. The summed E-state index contributed by atoms with van der Waals surface area (Å²) in [7, 11) is 3.10. The van der Waals surface area contributed by atoms with Crippen molar-refractivity contribution in [1.82, 2.24) is 5.43 Å². The van der Waals surface area contributed by atoms with E-state index in [2.05, 4.69) is 31.5 Å². The van der Waals surface area contributed by atoms with E-state index in [9.17, 15) is 9.59 Å². The first-order chi connectivity index (χ1) is 19.6. The molecule has 8 heteroatoms. The van der Waals surface area contributed by atoms with Crippen LogP contribution in [0.5, 0.6) is 5.75 Å². The highest BCUT2D eigenvalue weighted by Crippen LogP contribution is 2.67. The van der Waals surface area contributed by atoms with Gasteiger partial charge in [0.25, 0.3) is 0 Å². The highest BCUT2D eigenvalue weighted by Gasteiger charge is 2.63. The minimum absolute atomic E-state index is 0.149. The Morgan fingerprint density at radius 2 is 1.85 bits per heavy atom. The standard InChI is InChI=1S/C33H47N3O4S/c1-20(6-15-30(38)40-5)26-13-14-27-25-12-7-21-18-23(16-17-32(21,2)28(25)19-29(37)33(26,27)3)35-36-31(41)34-22-8-10-24(39-4)11-9-22/h8-11,20-21,25-28H,6-7,12-19H2,1-5H3,(H2,34,36,41)/b35-23-/t20-,21?,25?,26?,27?,28?,32?,33?/m1/s1. The molecule has 224 valence electrons. The van der Waals surface area contributed by atoms with Gasteiger partial charge in [0.05, 0.1) is 14.2 Å². The van der Waals surface area contributed by atoms with Crippen LogP contribution in [0.1, 0.15) is 85.0 Å². The SMILES string of the molecule is COC(=O)CC[C@@H](C)C1CCC2C3CCC4C/C(=N\NC(=S)Nc5ccc(OC)cc5)CCC4(C)C3CC(=O)C21C. The summed E-state index contributed by atoms with van der Waals surface area (Å²) in [5.74, 6) is 3.95. The van der Waals surface area contributed by atoms with Crippen LogP contribution in [0.3, 0.4) is 0 Å². The smallest absolute Gasteiger partial charge is 0.305 e. The van der Waals surface area contributed by atoms with Crippen molar-refractivity contribution < 1.29 is 19.1 Å². The first-order valence-corrected chi connectivity index (χ1v) is 15.9. The molecule has 2 N–H and O–H groups in total. The number of nitrogens with zero attached hydrogens (tertiary/aromatic N) is 1. The Morgan fingerprint density at radius 1 is 1.10 bits per heavy atom. The summed E-state index contributed by atoms with van der Waals surface area (Å²) in [5, 5.41) is 8.39. The molecule has 0 bridgehead atoms. The second kappa shape index (κ2) is 12.0. The van der Waals surface area contributed by atoms with Crippen LogP contribution in [0.4, 0.5) is 5.69 Å². The number of ether oxygens (including phenoxy) is 2. The molecule has 0 aliphatic heterocycles. The number of rotatable bonds is 7. The topological polar surface area (TPSA) is 89.0 Å². The monoisotopic (exact) mass is 581 g/mol. The molecule has 0 heterocycles. The van der Waals surface area contributed by atoms with E-state index in [1.54, 1.807) is 7.11 Å². The van der Waals surface area contributed by atoms with E-state index in [0.717, 1.165) is 50.0 Å². The van der Waals surface area contributed by atoms with Gasteiger partial charge in [-0.3, -0.25) is 15.0 Å². The second-order valence-electron chi connectivity index (χ2n) is 13.5. The van der Waals surface area contributed by atoms with Gasteiger partial charge in [-0.1, -0.05) is 20.8 Å². The summed E-state index contributed by atoms with van der Waals surface area (Å²) in [4.78, 5) is 25.8. The maximum Gasteiger partial charge on any atom is 0.305 e. The van der Waals surface area contributed by atoms with Crippen molar-refractivity contribution in [2.45, 2.75) is 85.0 Å². The van der Waals surface area contributed by atoms with Crippen molar-refractivity contribution in [2.75, 3.05) is 19.5 Å². The summed E-state index contributed by atoms with van der Waals surface area (Å²) in [5.41, 5.74) is 5.06. The van der Waals surface area contributed by atoms with E-state index in [1.165, 1.54) is 25.7 Å². The first-order valence-electron chi connectivity index (χ1n) is 15.5. The van der Waals surface area contributed by atoms with Gasteiger partial charge in [0.1, 0.15) is 11.5 Å². The fraction of sp³-hybridized carbons (Fsp3) is 0.697. The Kier molecular flexibility index (Phi) is 8.79. The van der Waals surface area contributed by atoms with Crippen LogP contribution in [0.2, 0.25) is 0 Å². The lowest BCUT2D eigenvalue weighted by Crippen LogP contribution is -2.57. The number of carbonyl (C=O) groups is 2. The van der Waals surface area contributed by atoms with Crippen molar-refractivity contribution in [1.29, 1.82) is 0 Å². The highest BCUT2D eigenvalue weighted by atomic mass is 32.1. The normalized spacial score (nSPS) is 36.0. The van der Waals surface area contributed by atoms with Crippen molar-refractivity contribution in [3.05, 3.63) is 24.3 Å². The van der Waals surface area contributed by atoms with Crippen LogP contribution in [0.25, 0.3) is 0 Å². The number of Topliss-reactive ketones (excluding diaryl/α,β-unsaturated/α-hetero) is 1. The number of fused-ring (bicyclic) bond motifs is 5. The Bertz CT molecular complexity index is 1190. The minimum Gasteiger partial charge on any atom is -0.497 e. The molecule has 0 spiro atoms. The zero-order valence-electron chi connectivity index (χ0n) is 25.3. The number of ketones is 1. The van der Waals surface area contributed by atoms with Crippen LogP contribution in [0, 0.1) is 46.3 Å². The lowest BCUT2D eigenvalue weighted by atomic mass is 9.44. The molecule has 4 saturated carbocycles. The fourth-order valence-corrected chi connectivity index (χ4v) is 9.59. The number of benzene rings is 1. The first kappa shape index (κ1) is 30.0. The van der Waals surface area contributed by atoms with Gasteiger partial charge >= 0.3 is 5.97 Å². The van der Waals surface area contributed by atoms with Crippen molar-refractivity contribution in [2.24, 2.45) is 51.4 Å². The van der Waals surface area contributed by atoms with Gasteiger partial charge in [-0.05, 0) is 129 Å². The number of thiocarbonyl (C=S) groups is 1. The Morgan fingerprint density at radius 3 is 2.56 bits per heavy atom. The number of anilines is 1. The molecule has 4 aliphatic rings. The van der Waals surface area contributed by atoms with Crippen LogP contribution >= 0.6 is 12.2 Å². The molecule has 41 heavy (non-hydrogen) atoms. The molecule has 4 fully saturated rings. The number of hydrazone groups is 1. The van der Waals surface area contributed by atoms with Gasteiger partial charge in [-0.15, -0.1) is 0 Å². The van der Waals surface area contributed by atoms with Gasteiger partial charge in [0.2, 0.25) is 0 Å². The molecule has 4 aliphatic carbocycles. The quantitative estimate of drug-likeness (QED) is 0.209. The number of nitrogens with one attached hydrogen (secondary N) is 2. The molecule has 0 aromatic heterocycles. The largest absolute Gasteiger partial charge is 0.497 e. The predicted octanol–water partition coefficient (Wildman–Crippen LogP) is 6.76. The van der Waals surface area contributed by atoms with Gasteiger partial charge in [-0.2, -0.15) is 5.10 Å². The van der Waals surface area contributed by atoms with Crippen molar-refractivity contribution in [3.8, 4) is 5.75 Å². The summed E-state index contributed by atoms with van der Waals surface area (Å²) in [6.07, 6.45) is 9.61. The number of hydrogen-bond donors (Lipinski definition) is 2. The molecule has 1 aromatic rings. The molecule has 7 nitrogen and oxygen atoms in total. The highest BCUT2D eigenvalue weighted by molar-refractivity contribution is 7.80.